The van der Waals surface area contributed by atoms with Crippen LogP contribution in [0.2, 0.25) is 0 Å². The number of carbonyl (C=O) groups excluding carboxylic acids is 1. The second-order valence-corrected chi connectivity index (χ2v) is 6.45. The van der Waals surface area contributed by atoms with E-state index in [0.717, 1.165) is 15.9 Å². The Kier molecular flexibility index (Phi) is 3.77. The molecule has 0 aliphatic heterocycles. The summed E-state index contributed by atoms with van der Waals surface area (Å²) in [5.41, 5.74) is 1.78. The molecule has 1 aliphatic carbocycles. The van der Waals surface area contributed by atoms with E-state index in [1.165, 1.54) is 0 Å². The van der Waals surface area contributed by atoms with Gasteiger partial charge in [-0.2, -0.15) is 5.26 Å². The highest BCUT2D eigenvalue weighted by Crippen LogP contribution is 2.37. The van der Waals surface area contributed by atoms with Crippen molar-refractivity contribution in [1.82, 2.24) is 0 Å². The first-order chi connectivity index (χ1) is 8.91. The van der Waals surface area contributed by atoms with E-state index in [-0.39, 0.29) is 16.8 Å². The van der Waals surface area contributed by atoms with Gasteiger partial charge in [-0.25, -0.2) is 0 Å². The van der Waals surface area contributed by atoms with Crippen molar-refractivity contribution in [3.05, 3.63) is 40.0 Å². The molecule has 0 aromatic heterocycles. The minimum absolute atomic E-state index is 0.0710. The predicted octanol–water partition coefficient (Wildman–Crippen LogP) is 4.03. The molecule has 0 spiro atoms. The first-order valence-corrected chi connectivity index (χ1v) is 6.90. The highest BCUT2D eigenvalue weighted by molar-refractivity contribution is 9.10. The molecule has 0 saturated carbocycles. The first-order valence-electron chi connectivity index (χ1n) is 6.10. The number of anilines is 1. The molecule has 1 N–H and O–H groups in total. The Balaban J connectivity index is 2.32. The number of nitrogens with one attached hydrogen (secondary N) is 1. The Bertz CT molecular complexity index is 579. The number of nitriles is 1. The number of benzene rings is 1. The van der Waals surface area contributed by atoms with E-state index in [1.807, 2.05) is 44.2 Å². The van der Waals surface area contributed by atoms with E-state index in [0.29, 0.717) is 12.8 Å². The van der Waals surface area contributed by atoms with E-state index >= 15 is 0 Å². The molecule has 1 aromatic rings. The van der Waals surface area contributed by atoms with E-state index in [2.05, 4.69) is 21.2 Å². The van der Waals surface area contributed by atoms with Gasteiger partial charge in [0.15, 0.2) is 5.78 Å². The number of hydrogen-bond donors (Lipinski definition) is 1. The van der Waals surface area contributed by atoms with Crippen LogP contribution >= 0.6 is 15.9 Å². The van der Waals surface area contributed by atoms with Gasteiger partial charge < -0.3 is 5.32 Å². The summed E-state index contributed by atoms with van der Waals surface area (Å²) in [6.45, 7) is 4.09. The summed E-state index contributed by atoms with van der Waals surface area (Å²) in [5, 5.41) is 12.4. The SMILES string of the molecule is CC1(C)CC(=O)C(C#N)=C(Nc2ccc(Br)cc2)C1. The van der Waals surface area contributed by atoms with Crippen LogP contribution < -0.4 is 5.32 Å². The van der Waals surface area contributed by atoms with E-state index in [4.69, 9.17) is 5.26 Å². The van der Waals surface area contributed by atoms with Crippen LogP contribution in [0.3, 0.4) is 0 Å². The Morgan fingerprint density at radius 1 is 1.26 bits per heavy atom. The normalized spacial score (nSPS) is 18.1. The fourth-order valence-corrected chi connectivity index (χ4v) is 2.53. The molecule has 1 aliphatic rings. The molecule has 0 heterocycles. The molecule has 4 heteroatoms. The standard InChI is InChI=1S/C15H15BrN2O/c1-15(2)7-13(12(9-17)14(19)8-15)18-11-5-3-10(16)4-6-11/h3-6,18H,7-8H2,1-2H3. The average molecular weight is 319 g/mol. The van der Waals surface area contributed by atoms with Crippen LogP contribution in [-0.2, 0) is 4.79 Å². The number of carbonyl (C=O) groups is 1. The minimum atomic E-state index is -0.102. The van der Waals surface area contributed by atoms with Gasteiger partial charge in [-0.05, 0) is 36.1 Å². The van der Waals surface area contributed by atoms with Crippen LogP contribution in [0, 0.1) is 16.7 Å². The Morgan fingerprint density at radius 2 is 1.89 bits per heavy atom. The molecule has 0 bridgehead atoms. The topological polar surface area (TPSA) is 52.9 Å². The second-order valence-electron chi connectivity index (χ2n) is 5.54. The van der Waals surface area contributed by atoms with Gasteiger partial charge in [0.05, 0.1) is 0 Å². The molecule has 0 radical (unpaired) electrons. The molecule has 19 heavy (non-hydrogen) atoms. The van der Waals surface area contributed by atoms with Gasteiger partial charge in [-0.15, -0.1) is 0 Å². The number of rotatable bonds is 2. The average Bonchev–Trinajstić information content (AvgIpc) is 2.30. The summed E-state index contributed by atoms with van der Waals surface area (Å²) in [4.78, 5) is 12.0. The lowest BCUT2D eigenvalue weighted by Gasteiger charge is -2.30. The zero-order chi connectivity index (χ0) is 14.0. The van der Waals surface area contributed by atoms with Gasteiger partial charge in [0, 0.05) is 22.3 Å². The largest absolute Gasteiger partial charge is 0.358 e. The third-order valence-corrected chi connectivity index (χ3v) is 3.65. The van der Waals surface area contributed by atoms with Crippen LogP contribution in [0.1, 0.15) is 26.7 Å². The van der Waals surface area contributed by atoms with Crippen LogP contribution in [0.25, 0.3) is 0 Å². The maximum atomic E-state index is 12.0. The summed E-state index contributed by atoms with van der Waals surface area (Å²) < 4.78 is 0.993. The lowest BCUT2D eigenvalue weighted by Crippen LogP contribution is -2.27. The van der Waals surface area contributed by atoms with Gasteiger partial charge >= 0.3 is 0 Å². The molecule has 0 amide bonds. The fourth-order valence-electron chi connectivity index (χ4n) is 2.26. The summed E-state index contributed by atoms with van der Waals surface area (Å²) in [6, 6.07) is 9.70. The lowest BCUT2D eigenvalue weighted by atomic mass is 9.76. The number of Topliss-reactive ketones (excluding diaryl/α,β-unsaturated/α-hetero) is 1. The Hall–Kier alpha value is -1.60. The number of allylic oxidation sites excluding steroid dienone is 2. The smallest absolute Gasteiger partial charge is 0.175 e. The Morgan fingerprint density at radius 3 is 2.47 bits per heavy atom. The molecular formula is C15H15BrN2O. The maximum Gasteiger partial charge on any atom is 0.175 e. The van der Waals surface area contributed by atoms with Gasteiger partial charge in [0.2, 0.25) is 0 Å². The van der Waals surface area contributed by atoms with E-state index in [9.17, 15) is 4.79 Å². The number of nitrogens with zero attached hydrogens (tertiary/aromatic N) is 1. The van der Waals surface area contributed by atoms with Gasteiger partial charge in [-0.1, -0.05) is 29.8 Å². The molecule has 0 atom stereocenters. The summed E-state index contributed by atoms with van der Waals surface area (Å²) in [7, 11) is 0. The third-order valence-electron chi connectivity index (χ3n) is 3.13. The number of hydrogen-bond acceptors (Lipinski definition) is 3. The Labute approximate surface area is 121 Å². The lowest BCUT2D eigenvalue weighted by molar-refractivity contribution is -0.117. The molecule has 0 saturated heterocycles. The molecule has 2 rings (SSSR count). The second kappa shape index (κ2) is 5.18. The molecular weight excluding hydrogens is 304 g/mol. The van der Waals surface area contributed by atoms with Crippen molar-refractivity contribution in [2.24, 2.45) is 5.41 Å². The molecule has 98 valence electrons. The van der Waals surface area contributed by atoms with Crippen molar-refractivity contribution in [3.8, 4) is 6.07 Å². The van der Waals surface area contributed by atoms with E-state index in [1.54, 1.807) is 0 Å². The van der Waals surface area contributed by atoms with Crippen molar-refractivity contribution >= 4 is 27.4 Å². The number of halogens is 1. The van der Waals surface area contributed by atoms with Crippen molar-refractivity contribution in [2.75, 3.05) is 5.32 Å². The predicted molar refractivity (Wildman–Crippen MR) is 78.4 cm³/mol. The highest BCUT2D eigenvalue weighted by Gasteiger charge is 2.33. The van der Waals surface area contributed by atoms with Crippen molar-refractivity contribution < 1.29 is 4.79 Å². The van der Waals surface area contributed by atoms with Crippen LogP contribution in [0.4, 0.5) is 5.69 Å². The zero-order valence-corrected chi connectivity index (χ0v) is 12.5. The summed E-state index contributed by atoms with van der Waals surface area (Å²) >= 11 is 3.38. The van der Waals surface area contributed by atoms with Crippen molar-refractivity contribution in [1.29, 1.82) is 5.26 Å². The summed E-state index contributed by atoms with van der Waals surface area (Å²) in [5.74, 6) is -0.0710. The number of ketones is 1. The van der Waals surface area contributed by atoms with Crippen molar-refractivity contribution in [2.45, 2.75) is 26.7 Å². The maximum absolute atomic E-state index is 12.0. The van der Waals surface area contributed by atoms with Crippen LogP contribution in [-0.4, -0.2) is 5.78 Å². The van der Waals surface area contributed by atoms with Gasteiger partial charge in [0.25, 0.3) is 0 Å². The fraction of sp³-hybridized carbons (Fsp3) is 0.333. The molecule has 3 nitrogen and oxygen atoms in total. The molecule has 0 fully saturated rings. The summed E-state index contributed by atoms with van der Waals surface area (Å²) in [6.07, 6.45) is 1.14. The first kappa shape index (κ1) is 13.8. The molecule has 1 aromatic carbocycles. The van der Waals surface area contributed by atoms with E-state index < -0.39 is 0 Å². The van der Waals surface area contributed by atoms with Crippen LogP contribution in [0.5, 0.6) is 0 Å². The monoisotopic (exact) mass is 318 g/mol. The van der Waals surface area contributed by atoms with Gasteiger partial charge in [0.1, 0.15) is 11.6 Å². The quantitative estimate of drug-likeness (QED) is 0.895. The minimum Gasteiger partial charge on any atom is -0.358 e. The third kappa shape index (κ3) is 3.24. The molecule has 0 unspecified atom stereocenters. The van der Waals surface area contributed by atoms with Crippen molar-refractivity contribution in [3.63, 3.8) is 0 Å². The van der Waals surface area contributed by atoms with Crippen LogP contribution in [0.15, 0.2) is 40.0 Å². The van der Waals surface area contributed by atoms with Gasteiger partial charge in [-0.3, -0.25) is 4.79 Å². The highest BCUT2D eigenvalue weighted by atomic mass is 79.9. The zero-order valence-electron chi connectivity index (χ0n) is 11.0.